The number of thiazole rings is 1. The first-order chi connectivity index (χ1) is 10.9. The molecule has 0 saturated carbocycles. The molecule has 1 N–H and O–H groups in total. The van der Waals surface area contributed by atoms with Gasteiger partial charge in [0.15, 0.2) is 15.0 Å². The summed E-state index contributed by atoms with van der Waals surface area (Å²) in [5, 5.41) is 5.78. The minimum absolute atomic E-state index is 0.0873. The molecule has 8 heteroatoms. The Bertz CT molecular complexity index is 816. The Balaban J connectivity index is 1.60. The van der Waals surface area contributed by atoms with Crippen LogP contribution in [0.25, 0.3) is 11.3 Å². The van der Waals surface area contributed by atoms with Gasteiger partial charge >= 0.3 is 0 Å². The number of anilines is 1. The third-order valence-corrected chi connectivity index (χ3v) is 6.54. The second kappa shape index (κ2) is 6.59. The SMILES string of the molecule is O=C(CC1CCS(=O)(=O)C1)Nc1nc(-c2ccc(Cl)cc2)cs1. The molecule has 0 spiro atoms. The number of carbonyl (C=O) groups is 1. The molecule has 122 valence electrons. The first-order valence-corrected chi connectivity index (χ1v) is 10.2. The van der Waals surface area contributed by atoms with Crippen molar-refractivity contribution in [3.63, 3.8) is 0 Å². The van der Waals surface area contributed by atoms with Gasteiger partial charge in [-0.1, -0.05) is 23.7 Å². The number of amides is 1. The Morgan fingerprint density at radius 3 is 2.74 bits per heavy atom. The van der Waals surface area contributed by atoms with E-state index in [1.807, 2.05) is 17.5 Å². The van der Waals surface area contributed by atoms with Crippen molar-refractivity contribution in [1.29, 1.82) is 0 Å². The summed E-state index contributed by atoms with van der Waals surface area (Å²) >= 11 is 7.20. The number of sulfone groups is 1. The van der Waals surface area contributed by atoms with E-state index in [0.29, 0.717) is 16.6 Å². The number of rotatable bonds is 4. The van der Waals surface area contributed by atoms with Crippen LogP contribution in [0.4, 0.5) is 5.13 Å². The first kappa shape index (κ1) is 16.4. The molecular formula is C15H15ClN2O3S2. The maximum absolute atomic E-state index is 12.0. The highest BCUT2D eigenvalue weighted by Crippen LogP contribution is 2.27. The fourth-order valence-corrected chi connectivity index (χ4v) is 5.27. The summed E-state index contributed by atoms with van der Waals surface area (Å²) in [5.74, 6) is 0.0110. The van der Waals surface area contributed by atoms with Crippen molar-refractivity contribution >= 4 is 43.8 Å². The highest BCUT2D eigenvalue weighted by atomic mass is 35.5. The van der Waals surface area contributed by atoms with E-state index in [-0.39, 0.29) is 29.8 Å². The lowest BCUT2D eigenvalue weighted by Crippen LogP contribution is -2.17. The summed E-state index contributed by atoms with van der Waals surface area (Å²) in [4.78, 5) is 16.4. The molecule has 1 unspecified atom stereocenters. The van der Waals surface area contributed by atoms with Crippen LogP contribution in [0, 0.1) is 5.92 Å². The fourth-order valence-electron chi connectivity index (χ4n) is 2.55. The highest BCUT2D eigenvalue weighted by Gasteiger charge is 2.29. The molecular weight excluding hydrogens is 356 g/mol. The number of carbonyl (C=O) groups excluding carboxylic acids is 1. The Morgan fingerprint density at radius 2 is 2.09 bits per heavy atom. The standard InChI is InChI=1S/C15H15ClN2O3S2/c16-12-3-1-11(2-4-12)13-8-22-15(17-13)18-14(19)7-10-5-6-23(20,21)9-10/h1-4,8,10H,5-7,9H2,(H,17,18,19). The topological polar surface area (TPSA) is 76.1 Å². The second-order valence-corrected chi connectivity index (χ2v) is 9.09. The number of halogens is 1. The third kappa shape index (κ3) is 4.31. The van der Waals surface area contributed by atoms with Crippen LogP contribution in [0.15, 0.2) is 29.6 Å². The predicted octanol–water partition coefficient (Wildman–Crippen LogP) is 3.23. The summed E-state index contributed by atoms with van der Waals surface area (Å²) in [5.41, 5.74) is 1.69. The van der Waals surface area contributed by atoms with Gasteiger partial charge in [-0.2, -0.15) is 0 Å². The van der Waals surface area contributed by atoms with Crippen LogP contribution in [0.1, 0.15) is 12.8 Å². The van der Waals surface area contributed by atoms with Gasteiger partial charge < -0.3 is 5.32 Å². The molecule has 23 heavy (non-hydrogen) atoms. The molecule has 3 rings (SSSR count). The molecule has 2 aromatic rings. The van der Waals surface area contributed by atoms with E-state index in [2.05, 4.69) is 10.3 Å². The fraction of sp³-hybridized carbons (Fsp3) is 0.333. The van der Waals surface area contributed by atoms with E-state index < -0.39 is 9.84 Å². The number of nitrogens with zero attached hydrogens (tertiary/aromatic N) is 1. The summed E-state index contributed by atoms with van der Waals surface area (Å²) in [6.07, 6.45) is 0.777. The van der Waals surface area contributed by atoms with Crippen molar-refractivity contribution in [3.8, 4) is 11.3 Å². The van der Waals surface area contributed by atoms with Crippen molar-refractivity contribution in [2.24, 2.45) is 5.92 Å². The molecule has 1 saturated heterocycles. The second-order valence-electron chi connectivity index (χ2n) is 5.57. The van der Waals surface area contributed by atoms with Gasteiger partial charge in [-0.15, -0.1) is 11.3 Å². The van der Waals surface area contributed by atoms with E-state index in [9.17, 15) is 13.2 Å². The molecule has 1 aliphatic heterocycles. The van der Waals surface area contributed by atoms with Crippen LogP contribution in [0.2, 0.25) is 5.02 Å². The van der Waals surface area contributed by atoms with E-state index >= 15 is 0 Å². The lowest BCUT2D eigenvalue weighted by Gasteiger charge is -2.06. The number of hydrogen-bond donors (Lipinski definition) is 1. The van der Waals surface area contributed by atoms with Crippen molar-refractivity contribution < 1.29 is 13.2 Å². The molecule has 5 nitrogen and oxygen atoms in total. The molecule has 1 aromatic heterocycles. The van der Waals surface area contributed by atoms with Gasteiger partial charge in [0.25, 0.3) is 0 Å². The van der Waals surface area contributed by atoms with Crippen molar-refractivity contribution in [2.75, 3.05) is 16.8 Å². The van der Waals surface area contributed by atoms with Crippen LogP contribution in [0.3, 0.4) is 0 Å². The first-order valence-electron chi connectivity index (χ1n) is 7.13. The molecule has 0 bridgehead atoms. The largest absolute Gasteiger partial charge is 0.302 e. The molecule has 1 fully saturated rings. The zero-order chi connectivity index (χ0) is 16.4. The molecule has 0 aliphatic carbocycles. The zero-order valence-corrected chi connectivity index (χ0v) is 14.5. The van der Waals surface area contributed by atoms with E-state index in [1.165, 1.54) is 11.3 Å². The van der Waals surface area contributed by atoms with Gasteiger partial charge in [-0.05, 0) is 24.5 Å². The van der Waals surface area contributed by atoms with Gasteiger partial charge in [0.2, 0.25) is 5.91 Å². The van der Waals surface area contributed by atoms with E-state index in [0.717, 1.165) is 11.3 Å². The van der Waals surface area contributed by atoms with Crippen LogP contribution >= 0.6 is 22.9 Å². The summed E-state index contributed by atoms with van der Waals surface area (Å²) in [6.45, 7) is 0. The average molecular weight is 371 g/mol. The Hall–Kier alpha value is -1.44. The van der Waals surface area contributed by atoms with Crippen molar-refractivity contribution in [2.45, 2.75) is 12.8 Å². The quantitative estimate of drug-likeness (QED) is 0.896. The maximum atomic E-state index is 12.0. The number of hydrogen-bond acceptors (Lipinski definition) is 5. The van der Waals surface area contributed by atoms with Crippen LogP contribution in [-0.4, -0.2) is 30.8 Å². The van der Waals surface area contributed by atoms with E-state index in [4.69, 9.17) is 11.6 Å². The average Bonchev–Trinajstić information content (AvgIpc) is 3.06. The summed E-state index contributed by atoms with van der Waals surface area (Å²) in [6, 6.07) is 7.31. The number of nitrogens with one attached hydrogen (secondary N) is 1. The number of aromatic nitrogens is 1. The molecule has 1 aliphatic rings. The Labute approximate surface area is 143 Å². The van der Waals surface area contributed by atoms with E-state index in [1.54, 1.807) is 12.1 Å². The monoisotopic (exact) mass is 370 g/mol. The molecule has 0 radical (unpaired) electrons. The lowest BCUT2D eigenvalue weighted by atomic mass is 10.1. The van der Waals surface area contributed by atoms with Crippen molar-refractivity contribution in [1.82, 2.24) is 4.98 Å². The summed E-state index contributed by atoms with van der Waals surface area (Å²) in [7, 11) is -2.95. The van der Waals surface area contributed by atoms with Gasteiger partial charge in [-0.3, -0.25) is 4.79 Å². The van der Waals surface area contributed by atoms with Gasteiger partial charge in [-0.25, -0.2) is 13.4 Å². The minimum atomic E-state index is -2.95. The molecule has 1 aromatic carbocycles. The maximum Gasteiger partial charge on any atom is 0.226 e. The summed E-state index contributed by atoms with van der Waals surface area (Å²) < 4.78 is 22.8. The molecule has 1 amide bonds. The normalized spacial score (nSPS) is 19.6. The van der Waals surface area contributed by atoms with Gasteiger partial charge in [0.05, 0.1) is 17.2 Å². The highest BCUT2D eigenvalue weighted by molar-refractivity contribution is 7.91. The number of benzene rings is 1. The molecule has 2 heterocycles. The van der Waals surface area contributed by atoms with Crippen LogP contribution < -0.4 is 5.32 Å². The molecule has 1 atom stereocenters. The zero-order valence-electron chi connectivity index (χ0n) is 12.2. The lowest BCUT2D eigenvalue weighted by molar-refractivity contribution is -0.116. The van der Waals surface area contributed by atoms with Gasteiger partial charge in [0.1, 0.15) is 0 Å². The Kier molecular flexibility index (Phi) is 4.70. The third-order valence-electron chi connectivity index (χ3n) is 3.69. The van der Waals surface area contributed by atoms with Crippen LogP contribution in [-0.2, 0) is 14.6 Å². The Morgan fingerprint density at radius 1 is 1.35 bits per heavy atom. The predicted molar refractivity (Wildman–Crippen MR) is 92.6 cm³/mol. The van der Waals surface area contributed by atoms with Crippen LogP contribution in [0.5, 0.6) is 0 Å². The van der Waals surface area contributed by atoms with Gasteiger partial charge in [0, 0.05) is 22.4 Å². The smallest absolute Gasteiger partial charge is 0.226 e. The minimum Gasteiger partial charge on any atom is -0.302 e. The van der Waals surface area contributed by atoms with Crippen molar-refractivity contribution in [3.05, 3.63) is 34.7 Å².